The Morgan fingerprint density at radius 2 is 2.00 bits per heavy atom. The lowest BCUT2D eigenvalue weighted by Crippen LogP contribution is -2.08. The van der Waals surface area contributed by atoms with Gasteiger partial charge in [-0.15, -0.1) is 0 Å². The fraction of sp³-hybridized carbons (Fsp3) is 0.143. The van der Waals surface area contributed by atoms with E-state index in [0.29, 0.717) is 0 Å². The van der Waals surface area contributed by atoms with Crippen molar-refractivity contribution < 1.29 is 27.8 Å². The first-order valence-electron chi connectivity index (χ1n) is 5.85. The van der Waals surface area contributed by atoms with E-state index >= 15 is 0 Å². The van der Waals surface area contributed by atoms with Crippen molar-refractivity contribution in [3.63, 3.8) is 0 Å². The SMILES string of the molecule is O=C(O)c1ncccc1OCc1cccc(C(F)(F)F)c1. The first kappa shape index (κ1) is 14.8. The molecule has 110 valence electrons. The van der Waals surface area contributed by atoms with Gasteiger partial charge in [0.15, 0.2) is 11.4 Å². The van der Waals surface area contributed by atoms with E-state index in [0.717, 1.165) is 12.1 Å². The minimum Gasteiger partial charge on any atom is -0.486 e. The number of nitrogens with zero attached hydrogens (tertiary/aromatic N) is 1. The van der Waals surface area contributed by atoms with Gasteiger partial charge in [0.25, 0.3) is 0 Å². The van der Waals surface area contributed by atoms with Crippen LogP contribution in [0, 0.1) is 0 Å². The van der Waals surface area contributed by atoms with E-state index < -0.39 is 17.7 Å². The van der Waals surface area contributed by atoms with Crippen molar-refractivity contribution in [3.8, 4) is 5.75 Å². The Labute approximate surface area is 117 Å². The van der Waals surface area contributed by atoms with E-state index in [1.807, 2.05) is 0 Å². The molecule has 0 radical (unpaired) electrons. The summed E-state index contributed by atoms with van der Waals surface area (Å²) in [7, 11) is 0. The molecule has 0 bridgehead atoms. The molecule has 7 heteroatoms. The normalized spacial score (nSPS) is 11.2. The Kier molecular flexibility index (Phi) is 4.11. The molecule has 0 unspecified atom stereocenters. The summed E-state index contributed by atoms with van der Waals surface area (Å²) < 4.78 is 43.0. The van der Waals surface area contributed by atoms with Gasteiger partial charge in [-0.3, -0.25) is 0 Å². The highest BCUT2D eigenvalue weighted by atomic mass is 19.4. The summed E-state index contributed by atoms with van der Waals surface area (Å²) in [4.78, 5) is 14.6. The molecule has 1 N–H and O–H groups in total. The molecule has 0 saturated carbocycles. The summed E-state index contributed by atoms with van der Waals surface area (Å²) in [5.74, 6) is -1.27. The van der Waals surface area contributed by atoms with Gasteiger partial charge in [-0.1, -0.05) is 12.1 Å². The first-order chi connectivity index (χ1) is 9.88. The zero-order valence-corrected chi connectivity index (χ0v) is 10.6. The van der Waals surface area contributed by atoms with Gasteiger partial charge in [-0.2, -0.15) is 13.2 Å². The van der Waals surface area contributed by atoms with Crippen LogP contribution in [0.5, 0.6) is 5.75 Å². The molecule has 0 fully saturated rings. The number of carbonyl (C=O) groups is 1. The average molecular weight is 297 g/mol. The minimum atomic E-state index is -4.43. The smallest absolute Gasteiger partial charge is 0.416 e. The van der Waals surface area contributed by atoms with E-state index in [1.165, 1.54) is 30.5 Å². The van der Waals surface area contributed by atoms with Gasteiger partial charge in [0.2, 0.25) is 0 Å². The standard InChI is InChI=1S/C14H10F3NO3/c15-14(16,17)10-4-1-3-9(7-10)8-21-11-5-2-6-18-12(11)13(19)20/h1-7H,8H2,(H,19,20). The van der Waals surface area contributed by atoms with Crippen molar-refractivity contribution in [2.24, 2.45) is 0 Å². The van der Waals surface area contributed by atoms with Crippen molar-refractivity contribution in [1.82, 2.24) is 4.98 Å². The minimum absolute atomic E-state index is 0.00223. The van der Waals surface area contributed by atoms with Crippen LogP contribution in [0.4, 0.5) is 13.2 Å². The summed E-state index contributed by atoms with van der Waals surface area (Å²) in [5.41, 5.74) is -0.789. The molecule has 2 aromatic rings. The molecule has 1 aromatic carbocycles. The molecule has 4 nitrogen and oxygen atoms in total. The van der Waals surface area contributed by atoms with Crippen LogP contribution in [0.3, 0.4) is 0 Å². The lowest BCUT2D eigenvalue weighted by atomic mass is 10.1. The number of ether oxygens (including phenoxy) is 1. The molecule has 0 atom stereocenters. The van der Waals surface area contributed by atoms with E-state index in [9.17, 15) is 18.0 Å². The monoisotopic (exact) mass is 297 g/mol. The number of carboxylic acids is 1. The van der Waals surface area contributed by atoms with Crippen LogP contribution in [0.1, 0.15) is 21.6 Å². The van der Waals surface area contributed by atoms with Crippen molar-refractivity contribution in [2.45, 2.75) is 12.8 Å². The van der Waals surface area contributed by atoms with Gasteiger partial charge in [-0.05, 0) is 29.8 Å². The summed E-state index contributed by atoms with van der Waals surface area (Å²) in [6, 6.07) is 7.51. The first-order valence-corrected chi connectivity index (χ1v) is 5.85. The van der Waals surface area contributed by atoms with Crippen LogP contribution in [0.15, 0.2) is 42.6 Å². The summed E-state index contributed by atoms with van der Waals surface area (Å²) in [5, 5.41) is 8.92. The second-order valence-corrected chi connectivity index (χ2v) is 4.14. The maximum Gasteiger partial charge on any atom is 0.416 e. The molecule has 0 saturated heterocycles. The largest absolute Gasteiger partial charge is 0.486 e. The van der Waals surface area contributed by atoms with Gasteiger partial charge >= 0.3 is 12.1 Å². The number of alkyl halides is 3. The van der Waals surface area contributed by atoms with Gasteiger partial charge in [0, 0.05) is 6.20 Å². The fourth-order valence-corrected chi connectivity index (χ4v) is 1.67. The number of aromatic carboxylic acids is 1. The molecule has 1 heterocycles. The number of benzene rings is 1. The van der Waals surface area contributed by atoms with Gasteiger partial charge in [0.05, 0.1) is 5.56 Å². The second kappa shape index (κ2) is 5.82. The molecule has 0 aliphatic rings. The predicted molar refractivity (Wildman–Crippen MR) is 67.0 cm³/mol. The topological polar surface area (TPSA) is 59.4 Å². The zero-order valence-electron chi connectivity index (χ0n) is 10.6. The van der Waals surface area contributed by atoms with Crippen molar-refractivity contribution in [3.05, 3.63) is 59.4 Å². The van der Waals surface area contributed by atoms with Gasteiger partial charge in [0.1, 0.15) is 6.61 Å². The lowest BCUT2D eigenvalue weighted by molar-refractivity contribution is -0.137. The van der Waals surface area contributed by atoms with E-state index in [4.69, 9.17) is 9.84 Å². The van der Waals surface area contributed by atoms with E-state index in [1.54, 1.807) is 0 Å². The molecular formula is C14H10F3NO3. The molecule has 21 heavy (non-hydrogen) atoms. The Morgan fingerprint density at radius 1 is 1.24 bits per heavy atom. The van der Waals surface area contributed by atoms with E-state index in [2.05, 4.69) is 4.98 Å². The number of pyridine rings is 1. The van der Waals surface area contributed by atoms with Crippen LogP contribution in [0.2, 0.25) is 0 Å². The Bertz CT molecular complexity index is 656. The van der Waals surface area contributed by atoms with Crippen molar-refractivity contribution in [2.75, 3.05) is 0 Å². The average Bonchev–Trinajstić information content (AvgIpc) is 2.45. The van der Waals surface area contributed by atoms with Crippen LogP contribution < -0.4 is 4.74 Å². The molecule has 2 rings (SSSR count). The Balaban J connectivity index is 2.16. The number of aromatic nitrogens is 1. The number of rotatable bonds is 4. The van der Waals surface area contributed by atoms with Crippen molar-refractivity contribution >= 4 is 5.97 Å². The molecule has 0 spiro atoms. The Morgan fingerprint density at radius 3 is 2.67 bits per heavy atom. The Hall–Kier alpha value is -2.57. The van der Waals surface area contributed by atoms with Crippen LogP contribution in [0.25, 0.3) is 0 Å². The molecule has 0 amide bonds. The predicted octanol–water partition coefficient (Wildman–Crippen LogP) is 3.38. The third-order valence-corrected chi connectivity index (χ3v) is 2.62. The summed E-state index contributed by atoms with van der Waals surface area (Å²) in [6.45, 7) is -0.185. The summed E-state index contributed by atoms with van der Waals surface area (Å²) >= 11 is 0. The third kappa shape index (κ3) is 3.71. The second-order valence-electron chi connectivity index (χ2n) is 4.14. The van der Waals surface area contributed by atoms with Crippen LogP contribution in [-0.2, 0) is 12.8 Å². The maximum absolute atomic E-state index is 12.6. The highest BCUT2D eigenvalue weighted by Crippen LogP contribution is 2.29. The van der Waals surface area contributed by atoms with Gasteiger partial charge < -0.3 is 9.84 Å². The zero-order chi connectivity index (χ0) is 15.5. The quantitative estimate of drug-likeness (QED) is 0.940. The van der Waals surface area contributed by atoms with Crippen molar-refractivity contribution in [1.29, 1.82) is 0 Å². The molecule has 1 aromatic heterocycles. The highest BCUT2D eigenvalue weighted by Gasteiger charge is 2.30. The molecular weight excluding hydrogens is 287 g/mol. The number of hydrogen-bond donors (Lipinski definition) is 1. The van der Waals surface area contributed by atoms with E-state index in [-0.39, 0.29) is 23.6 Å². The maximum atomic E-state index is 12.6. The highest BCUT2D eigenvalue weighted by molar-refractivity contribution is 5.88. The van der Waals surface area contributed by atoms with Crippen LogP contribution in [-0.4, -0.2) is 16.1 Å². The molecule has 0 aliphatic carbocycles. The van der Waals surface area contributed by atoms with Crippen LogP contribution >= 0.6 is 0 Å². The number of halogens is 3. The molecule has 0 aliphatic heterocycles. The van der Waals surface area contributed by atoms with Gasteiger partial charge in [-0.25, -0.2) is 9.78 Å². The number of carboxylic acid groups (broad SMARTS) is 1. The number of hydrogen-bond acceptors (Lipinski definition) is 3. The third-order valence-electron chi connectivity index (χ3n) is 2.62. The summed E-state index contributed by atoms with van der Waals surface area (Å²) in [6.07, 6.45) is -3.14. The lowest BCUT2D eigenvalue weighted by Gasteiger charge is -2.10. The fourth-order valence-electron chi connectivity index (χ4n) is 1.67.